The van der Waals surface area contributed by atoms with Crippen molar-refractivity contribution in [1.82, 2.24) is 0 Å². The zero-order valence-corrected chi connectivity index (χ0v) is 23.6. The molecule has 6 heteroatoms. The van der Waals surface area contributed by atoms with Gasteiger partial charge in [0.2, 0.25) is 0 Å². The van der Waals surface area contributed by atoms with Crippen molar-refractivity contribution in [2.45, 2.75) is 0 Å². The van der Waals surface area contributed by atoms with Crippen LogP contribution in [0, 0.1) is 0 Å². The molecule has 0 aromatic heterocycles. The lowest BCUT2D eigenvalue weighted by Crippen LogP contribution is -2.11. The zero-order chi connectivity index (χ0) is 30.1. The van der Waals surface area contributed by atoms with Crippen molar-refractivity contribution in [3.8, 4) is 34.1 Å². The lowest BCUT2D eigenvalue weighted by atomic mass is 10.0. The van der Waals surface area contributed by atoms with Gasteiger partial charge in [-0.1, -0.05) is 60.7 Å². The molecule has 6 rings (SSSR count). The molecular formula is C38H28N2O4. The molecule has 0 aliphatic heterocycles. The van der Waals surface area contributed by atoms with E-state index in [0.717, 1.165) is 22.6 Å². The number of nitrogens with one attached hydrogen (secondary N) is 2. The molecule has 214 valence electrons. The average Bonchev–Trinajstić information content (AvgIpc) is 3.07. The number of anilines is 2. The molecule has 6 aromatic rings. The van der Waals surface area contributed by atoms with Crippen molar-refractivity contribution < 1.29 is 19.1 Å². The Labute approximate surface area is 255 Å². The van der Waals surface area contributed by atoms with Crippen LogP contribution in [0.1, 0.15) is 20.7 Å². The quantitative estimate of drug-likeness (QED) is 0.180. The van der Waals surface area contributed by atoms with Crippen LogP contribution in [-0.2, 0) is 0 Å². The number of benzene rings is 6. The Balaban J connectivity index is 1.02. The van der Waals surface area contributed by atoms with E-state index in [1.54, 1.807) is 48.5 Å². The van der Waals surface area contributed by atoms with E-state index in [9.17, 15) is 9.59 Å². The van der Waals surface area contributed by atoms with Gasteiger partial charge < -0.3 is 20.1 Å². The Bertz CT molecular complexity index is 1700. The lowest BCUT2D eigenvalue weighted by molar-refractivity contribution is 0.101. The average molecular weight is 577 g/mol. The molecule has 0 aliphatic carbocycles. The van der Waals surface area contributed by atoms with Gasteiger partial charge in [0, 0.05) is 22.5 Å². The molecule has 0 fully saturated rings. The van der Waals surface area contributed by atoms with E-state index >= 15 is 0 Å². The number of amides is 2. The summed E-state index contributed by atoms with van der Waals surface area (Å²) >= 11 is 0. The summed E-state index contributed by atoms with van der Waals surface area (Å²) in [5.74, 6) is 2.38. The number of ether oxygens (including phenoxy) is 2. The molecule has 0 unspecified atom stereocenters. The maximum absolute atomic E-state index is 12.8. The minimum atomic E-state index is -0.206. The lowest BCUT2D eigenvalue weighted by Gasteiger charge is -2.10. The molecule has 6 nitrogen and oxygen atoms in total. The van der Waals surface area contributed by atoms with Crippen LogP contribution in [0.5, 0.6) is 23.0 Å². The topological polar surface area (TPSA) is 76.7 Å². The summed E-state index contributed by atoms with van der Waals surface area (Å²) in [7, 11) is 0. The Morgan fingerprint density at radius 2 is 0.682 bits per heavy atom. The Hall–Kier alpha value is -6.14. The minimum absolute atomic E-state index is 0.206. The highest BCUT2D eigenvalue weighted by molar-refractivity contribution is 6.05. The summed E-state index contributed by atoms with van der Waals surface area (Å²) in [6.45, 7) is 0. The van der Waals surface area contributed by atoms with E-state index in [2.05, 4.69) is 10.6 Å². The molecule has 0 saturated heterocycles. The first-order valence-corrected chi connectivity index (χ1v) is 14.1. The molecule has 0 bridgehead atoms. The number of hydrogen-bond donors (Lipinski definition) is 2. The number of hydrogen-bond acceptors (Lipinski definition) is 4. The van der Waals surface area contributed by atoms with E-state index in [4.69, 9.17) is 9.47 Å². The molecular weight excluding hydrogens is 548 g/mol. The first kappa shape index (κ1) is 28.0. The predicted octanol–water partition coefficient (Wildman–Crippen LogP) is 9.44. The molecule has 2 N–H and O–H groups in total. The molecule has 2 amide bonds. The first-order valence-electron chi connectivity index (χ1n) is 14.1. The SMILES string of the molecule is O=C(Nc1ccc(-c2ccc(NC(=O)c3ccc(Oc4ccccc4)cc3)cc2)cc1)c1ccc(Oc2ccccc2)cc1. The van der Waals surface area contributed by atoms with E-state index in [-0.39, 0.29) is 11.8 Å². The fourth-order valence-electron chi connectivity index (χ4n) is 4.50. The van der Waals surface area contributed by atoms with E-state index in [0.29, 0.717) is 34.0 Å². The standard InChI is InChI=1S/C38H28N2O4/c41-37(29-15-23-35(24-16-29)43-33-7-3-1-4-8-33)39-31-19-11-27(12-20-31)28-13-21-32(22-14-28)40-38(42)30-17-25-36(26-18-30)44-34-9-5-2-6-10-34/h1-26H,(H,39,41)(H,40,42). The van der Waals surface area contributed by atoms with Crippen molar-refractivity contribution in [3.05, 3.63) is 169 Å². The fourth-order valence-corrected chi connectivity index (χ4v) is 4.50. The van der Waals surface area contributed by atoms with Crippen LogP contribution in [0.3, 0.4) is 0 Å². The second-order valence-electron chi connectivity index (χ2n) is 9.94. The van der Waals surface area contributed by atoms with Crippen molar-refractivity contribution in [1.29, 1.82) is 0 Å². The minimum Gasteiger partial charge on any atom is -0.457 e. The Morgan fingerprint density at radius 1 is 0.364 bits per heavy atom. The summed E-state index contributed by atoms with van der Waals surface area (Å²) in [5.41, 5.74) is 4.40. The summed E-state index contributed by atoms with van der Waals surface area (Å²) in [6.07, 6.45) is 0. The van der Waals surface area contributed by atoms with Crippen LogP contribution in [0.25, 0.3) is 11.1 Å². The number of para-hydroxylation sites is 2. The van der Waals surface area contributed by atoms with Crippen LogP contribution >= 0.6 is 0 Å². The van der Waals surface area contributed by atoms with Gasteiger partial charge >= 0.3 is 0 Å². The second-order valence-corrected chi connectivity index (χ2v) is 9.94. The Morgan fingerprint density at radius 3 is 1.02 bits per heavy atom. The predicted molar refractivity (Wildman–Crippen MR) is 174 cm³/mol. The van der Waals surface area contributed by atoms with Gasteiger partial charge in [0.1, 0.15) is 23.0 Å². The van der Waals surface area contributed by atoms with Crippen molar-refractivity contribution in [2.24, 2.45) is 0 Å². The van der Waals surface area contributed by atoms with Crippen molar-refractivity contribution in [3.63, 3.8) is 0 Å². The third kappa shape index (κ3) is 7.19. The number of rotatable bonds is 9. The molecule has 0 spiro atoms. The summed E-state index contributed by atoms with van der Waals surface area (Å²) in [5, 5.41) is 5.87. The third-order valence-electron chi connectivity index (χ3n) is 6.81. The molecule has 6 aromatic carbocycles. The van der Waals surface area contributed by atoms with Gasteiger partial charge in [-0.2, -0.15) is 0 Å². The van der Waals surface area contributed by atoms with E-state index < -0.39 is 0 Å². The maximum Gasteiger partial charge on any atom is 0.255 e. The van der Waals surface area contributed by atoms with E-state index in [1.807, 2.05) is 109 Å². The highest BCUT2D eigenvalue weighted by Gasteiger charge is 2.09. The van der Waals surface area contributed by atoms with Gasteiger partial charge in [-0.25, -0.2) is 0 Å². The molecule has 0 radical (unpaired) electrons. The molecule has 0 saturated carbocycles. The van der Waals surface area contributed by atoms with Crippen molar-refractivity contribution in [2.75, 3.05) is 10.6 Å². The summed E-state index contributed by atoms with van der Waals surface area (Å²) in [4.78, 5) is 25.5. The van der Waals surface area contributed by atoms with Crippen LogP contribution in [-0.4, -0.2) is 11.8 Å². The van der Waals surface area contributed by atoms with Gasteiger partial charge in [0.05, 0.1) is 0 Å². The smallest absolute Gasteiger partial charge is 0.255 e. The monoisotopic (exact) mass is 576 g/mol. The Kier molecular flexibility index (Phi) is 8.42. The first-order chi connectivity index (χ1) is 21.6. The summed E-state index contributed by atoms with van der Waals surface area (Å²) < 4.78 is 11.6. The molecule has 44 heavy (non-hydrogen) atoms. The van der Waals surface area contributed by atoms with Crippen molar-refractivity contribution >= 4 is 23.2 Å². The normalized spacial score (nSPS) is 10.5. The summed E-state index contributed by atoms with van der Waals surface area (Å²) in [6, 6.07) is 48.2. The van der Waals surface area contributed by atoms with Gasteiger partial charge in [-0.15, -0.1) is 0 Å². The van der Waals surface area contributed by atoms with Gasteiger partial charge in [-0.05, 0) is 108 Å². The van der Waals surface area contributed by atoms with Crippen LogP contribution in [0.4, 0.5) is 11.4 Å². The molecule has 0 aliphatic rings. The number of carbonyl (C=O) groups excluding carboxylic acids is 2. The third-order valence-corrected chi connectivity index (χ3v) is 6.81. The maximum atomic E-state index is 12.8. The van der Waals surface area contributed by atoms with Crippen LogP contribution in [0.2, 0.25) is 0 Å². The molecule has 0 heterocycles. The zero-order valence-electron chi connectivity index (χ0n) is 23.6. The highest BCUT2D eigenvalue weighted by atomic mass is 16.5. The molecule has 0 atom stereocenters. The van der Waals surface area contributed by atoms with Gasteiger partial charge in [0.15, 0.2) is 0 Å². The second kappa shape index (κ2) is 13.2. The van der Waals surface area contributed by atoms with Gasteiger partial charge in [0.25, 0.3) is 11.8 Å². The van der Waals surface area contributed by atoms with Crippen LogP contribution in [0.15, 0.2) is 158 Å². The van der Waals surface area contributed by atoms with Crippen LogP contribution < -0.4 is 20.1 Å². The van der Waals surface area contributed by atoms with E-state index in [1.165, 1.54) is 0 Å². The largest absolute Gasteiger partial charge is 0.457 e. The van der Waals surface area contributed by atoms with Gasteiger partial charge in [-0.3, -0.25) is 9.59 Å². The fraction of sp³-hybridized carbons (Fsp3) is 0. The highest BCUT2D eigenvalue weighted by Crippen LogP contribution is 2.26. The number of carbonyl (C=O) groups is 2.